The Labute approximate surface area is 107 Å². The molecule has 0 aliphatic carbocycles. The molecule has 19 heavy (non-hydrogen) atoms. The number of nitrogens with one attached hydrogen (secondary N) is 1. The Morgan fingerprint density at radius 3 is 2.84 bits per heavy atom. The molecule has 2 rings (SSSR count). The molecule has 8 heteroatoms. The molecule has 0 atom stereocenters. The summed E-state index contributed by atoms with van der Waals surface area (Å²) in [6.45, 7) is 0. The highest BCUT2D eigenvalue weighted by Gasteiger charge is 2.17. The van der Waals surface area contributed by atoms with Crippen LogP contribution in [0.15, 0.2) is 36.4 Å². The van der Waals surface area contributed by atoms with E-state index in [1.165, 1.54) is 6.07 Å². The molecule has 0 aliphatic heterocycles. The first-order valence-electron chi connectivity index (χ1n) is 5.15. The van der Waals surface area contributed by atoms with Crippen LogP contribution in [-0.4, -0.2) is 9.91 Å². The van der Waals surface area contributed by atoms with Gasteiger partial charge >= 0.3 is 5.69 Å². The molecule has 0 spiro atoms. The fourth-order valence-electron chi connectivity index (χ4n) is 1.38. The number of nitro groups is 1. The molecule has 0 fully saturated rings. The summed E-state index contributed by atoms with van der Waals surface area (Å²) >= 11 is 0. The number of hydrogen-bond donors (Lipinski definition) is 2. The molecule has 0 bridgehead atoms. The van der Waals surface area contributed by atoms with Crippen LogP contribution in [0.1, 0.15) is 0 Å². The number of ether oxygens (including phenoxy) is 1. The smallest absolute Gasteiger partial charge is 0.314 e. The number of nitrogens with zero attached hydrogens (tertiary/aromatic N) is 2. The Balaban J connectivity index is 2.34. The van der Waals surface area contributed by atoms with E-state index in [4.69, 9.17) is 10.6 Å². The largest absolute Gasteiger partial charge is 0.432 e. The molecular formula is C11H9FN4O3. The van der Waals surface area contributed by atoms with E-state index in [9.17, 15) is 14.5 Å². The summed E-state index contributed by atoms with van der Waals surface area (Å²) in [4.78, 5) is 14.0. The normalized spacial score (nSPS) is 10.0. The molecule has 1 aromatic heterocycles. The first kappa shape index (κ1) is 12.7. The fourth-order valence-corrected chi connectivity index (χ4v) is 1.38. The van der Waals surface area contributed by atoms with Gasteiger partial charge in [-0.3, -0.25) is 10.1 Å². The van der Waals surface area contributed by atoms with Gasteiger partial charge in [0, 0.05) is 6.07 Å². The third-order valence-electron chi connectivity index (χ3n) is 2.20. The molecule has 1 heterocycles. The Bertz CT molecular complexity index is 621. The van der Waals surface area contributed by atoms with Crippen LogP contribution in [0.3, 0.4) is 0 Å². The van der Waals surface area contributed by atoms with Gasteiger partial charge in [0.25, 0.3) is 0 Å². The number of rotatable bonds is 4. The molecule has 0 amide bonds. The minimum Gasteiger partial charge on any atom is -0.432 e. The van der Waals surface area contributed by atoms with Gasteiger partial charge in [0.15, 0.2) is 0 Å². The first-order chi connectivity index (χ1) is 9.10. The number of nitrogens with two attached hydrogens (primary N) is 1. The molecule has 0 radical (unpaired) electrons. The standard InChI is InChI=1S/C11H9FN4O3/c12-7-4-5-9(8(6-7)16(17)18)19-11-3-1-2-10(14-11)15-13/h1-6H,13H2,(H,14,15). The number of nitrogen functional groups attached to an aromatic ring is 1. The Hall–Kier alpha value is -2.74. The summed E-state index contributed by atoms with van der Waals surface area (Å²) in [6.07, 6.45) is 0. The predicted octanol–water partition coefficient (Wildman–Crippen LogP) is 2.21. The summed E-state index contributed by atoms with van der Waals surface area (Å²) in [5.74, 6) is 4.80. The van der Waals surface area contributed by atoms with E-state index in [-0.39, 0.29) is 11.6 Å². The molecule has 0 saturated heterocycles. The predicted molar refractivity (Wildman–Crippen MR) is 65.2 cm³/mol. The van der Waals surface area contributed by atoms with Crippen LogP contribution in [0.2, 0.25) is 0 Å². The van der Waals surface area contributed by atoms with Crippen molar-refractivity contribution in [3.05, 3.63) is 52.3 Å². The van der Waals surface area contributed by atoms with E-state index in [0.29, 0.717) is 5.82 Å². The Kier molecular flexibility index (Phi) is 3.53. The summed E-state index contributed by atoms with van der Waals surface area (Å²) in [6, 6.07) is 7.69. The third kappa shape index (κ3) is 2.93. The van der Waals surface area contributed by atoms with Gasteiger partial charge < -0.3 is 10.2 Å². The van der Waals surface area contributed by atoms with Gasteiger partial charge in [0.05, 0.1) is 11.0 Å². The number of hydrazine groups is 1. The lowest BCUT2D eigenvalue weighted by molar-refractivity contribution is -0.385. The van der Waals surface area contributed by atoms with Crippen molar-refractivity contribution in [2.75, 3.05) is 5.43 Å². The van der Waals surface area contributed by atoms with Crippen LogP contribution >= 0.6 is 0 Å². The van der Waals surface area contributed by atoms with E-state index in [1.54, 1.807) is 12.1 Å². The molecular weight excluding hydrogens is 255 g/mol. The minimum atomic E-state index is -0.733. The zero-order valence-electron chi connectivity index (χ0n) is 9.54. The quantitative estimate of drug-likeness (QED) is 0.498. The molecule has 0 unspecified atom stereocenters. The molecule has 0 saturated carbocycles. The number of halogens is 1. The lowest BCUT2D eigenvalue weighted by Gasteiger charge is -2.06. The van der Waals surface area contributed by atoms with Crippen molar-refractivity contribution in [1.82, 2.24) is 4.98 Å². The number of anilines is 1. The number of pyridine rings is 1. The van der Waals surface area contributed by atoms with Crippen LogP contribution in [0.4, 0.5) is 15.9 Å². The zero-order chi connectivity index (χ0) is 13.8. The Morgan fingerprint density at radius 2 is 2.16 bits per heavy atom. The summed E-state index contributed by atoms with van der Waals surface area (Å²) in [7, 11) is 0. The lowest BCUT2D eigenvalue weighted by Crippen LogP contribution is -2.08. The Morgan fingerprint density at radius 1 is 1.37 bits per heavy atom. The number of nitro benzene ring substituents is 1. The maximum atomic E-state index is 13.0. The van der Waals surface area contributed by atoms with Gasteiger partial charge in [-0.25, -0.2) is 10.2 Å². The van der Waals surface area contributed by atoms with Gasteiger partial charge in [-0.2, -0.15) is 4.98 Å². The molecule has 1 aromatic carbocycles. The second-order valence-electron chi connectivity index (χ2n) is 3.48. The average Bonchev–Trinajstić information content (AvgIpc) is 2.41. The minimum absolute atomic E-state index is 0.102. The summed E-state index contributed by atoms with van der Waals surface area (Å²) in [5.41, 5.74) is 1.84. The maximum absolute atomic E-state index is 13.0. The maximum Gasteiger partial charge on any atom is 0.314 e. The zero-order valence-corrected chi connectivity index (χ0v) is 9.54. The van der Waals surface area contributed by atoms with Crippen molar-refractivity contribution in [2.45, 2.75) is 0 Å². The van der Waals surface area contributed by atoms with Gasteiger partial charge in [0.2, 0.25) is 11.6 Å². The van der Waals surface area contributed by atoms with Crippen LogP contribution in [0.25, 0.3) is 0 Å². The van der Waals surface area contributed by atoms with E-state index >= 15 is 0 Å². The highest BCUT2D eigenvalue weighted by atomic mass is 19.1. The highest BCUT2D eigenvalue weighted by molar-refractivity contribution is 5.48. The van der Waals surface area contributed by atoms with Crippen molar-refractivity contribution in [1.29, 1.82) is 0 Å². The fraction of sp³-hybridized carbons (Fsp3) is 0. The van der Waals surface area contributed by atoms with Crippen LogP contribution < -0.4 is 16.0 Å². The second-order valence-corrected chi connectivity index (χ2v) is 3.48. The van der Waals surface area contributed by atoms with Gasteiger partial charge in [-0.1, -0.05) is 6.07 Å². The number of benzene rings is 1. The van der Waals surface area contributed by atoms with Crippen LogP contribution in [0.5, 0.6) is 11.6 Å². The first-order valence-corrected chi connectivity index (χ1v) is 5.15. The SMILES string of the molecule is NNc1cccc(Oc2ccc(F)cc2[N+](=O)[O-])n1. The summed E-state index contributed by atoms with van der Waals surface area (Å²) in [5, 5.41) is 10.8. The van der Waals surface area contributed by atoms with E-state index in [0.717, 1.165) is 18.2 Å². The van der Waals surface area contributed by atoms with Crippen molar-refractivity contribution in [3.63, 3.8) is 0 Å². The van der Waals surface area contributed by atoms with Crippen molar-refractivity contribution in [2.24, 2.45) is 5.84 Å². The summed E-state index contributed by atoms with van der Waals surface area (Å²) < 4.78 is 18.2. The lowest BCUT2D eigenvalue weighted by atomic mass is 10.3. The molecule has 7 nitrogen and oxygen atoms in total. The molecule has 98 valence electrons. The van der Waals surface area contributed by atoms with Crippen molar-refractivity contribution in [3.8, 4) is 11.6 Å². The number of hydrogen-bond acceptors (Lipinski definition) is 6. The van der Waals surface area contributed by atoms with Crippen molar-refractivity contribution >= 4 is 11.5 Å². The van der Waals surface area contributed by atoms with Gasteiger partial charge in [0.1, 0.15) is 11.6 Å². The highest BCUT2D eigenvalue weighted by Crippen LogP contribution is 2.31. The molecule has 0 aliphatic rings. The monoisotopic (exact) mass is 264 g/mol. The number of aromatic nitrogens is 1. The van der Waals surface area contributed by atoms with Crippen LogP contribution in [-0.2, 0) is 0 Å². The van der Waals surface area contributed by atoms with Gasteiger partial charge in [-0.15, -0.1) is 0 Å². The van der Waals surface area contributed by atoms with Crippen molar-refractivity contribution < 1.29 is 14.1 Å². The van der Waals surface area contributed by atoms with Gasteiger partial charge in [-0.05, 0) is 18.2 Å². The van der Waals surface area contributed by atoms with E-state index in [1.807, 2.05) is 0 Å². The van der Waals surface area contributed by atoms with E-state index in [2.05, 4.69) is 10.4 Å². The molecule has 2 aromatic rings. The second kappa shape index (κ2) is 5.27. The average molecular weight is 264 g/mol. The topological polar surface area (TPSA) is 103 Å². The third-order valence-corrected chi connectivity index (χ3v) is 2.20. The van der Waals surface area contributed by atoms with E-state index < -0.39 is 16.4 Å². The molecule has 3 N–H and O–H groups in total. The van der Waals surface area contributed by atoms with Crippen LogP contribution in [0, 0.1) is 15.9 Å².